The normalized spacial score (nSPS) is 10.9. The van der Waals surface area contributed by atoms with E-state index >= 15 is 0 Å². The number of anilines is 2. The first kappa shape index (κ1) is 17.8. The van der Waals surface area contributed by atoms with Crippen molar-refractivity contribution in [1.82, 2.24) is 4.90 Å². The molecule has 21 heavy (non-hydrogen) atoms. The standard InChI is InChI=1S/C15H24FN3OS/c1-3-19(4-2)8-10-21-9-7-15(20)18-14-6-5-12(16)11-13(14)17/h5-6,11H,3-4,7-10,17H2,1-2H3,(H,18,20). The van der Waals surface area contributed by atoms with Gasteiger partial charge in [0, 0.05) is 24.5 Å². The highest BCUT2D eigenvalue weighted by atomic mass is 32.2. The Morgan fingerprint density at radius 3 is 2.67 bits per heavy atom. The van der Waals surface area contributed by atoms with E-state index in [0.717, 1.165) is 31.1 Å². The lowest BCUT2D eigenvalue weighted by molar-refractivity contribution is -0.115. The zero-order valence-electron chi connectivity index (χ0n) is 12.7. The molecule has 3 N–H and O–H groups in total. The van der Waals surface area contributed by atoms with Gasteiger partial charge in [-0.2, -0.15) is 11.8 Å². The number of nitrogens with zero attached hydrogens (tertiary/aromatic N) is 1. The van der Waals surface area contributed by atoms with Crippen LogP contribution in [0.25, 0.3) is 0 Å². The van der Waals surface area contributed by atoms with Crippen LogP contribution in [0.3, 0.4) is 0 Å². The van der Waals surface area contributed by atoms with Crippen LogP contribution in [-0.2, 0) is 4.79 Å². The zero-order valence-corrected chi connectivity index (χ0v) is 13.5. The molecule has 1 aromatic carbocycles. The molecule has 118 valence electrons. The predicted molar refractivity (Wildman–Crippen MR) is 89.2 cm³/mol. The Morgan fingerprint density at radius 2 is 2.05 bits per heavy atom. The molecular formula is C15H24FN3OS. The maximum Gasteiger partial charge on any atom is 0.225 e. The molecule has 0 aliphatic carbocycles. The fourth-order valence-corrected chi connectivity index (χ4v) is 2.78. The fourth-order valence-electron chi connectivity index (χ4n) is 1.86. The van der Waals surface area contributed by atoms with Crippen molar-refractivity contribution < 1.29 is 9.18 Å². The molecule has 0 saturated heterocycles. The van der Waals surface area contributed by atoms with Gasteiger partial charge in [0.05, 0.1) is 11.4 Å². The molecule has 0 unspecified atom stereocenters. The Labute approximate surface area is 130 Å². The van der Waals surface area contributed by atoms with Crippen molar-refractivity contribution in [3.05, 3.63) is 24.0 Å². The van der Waals surface area contributed by atoms with Crippen LogP contribution in [0.2, 0.25) is 0 Å². The molecule has 0 atom stereocenters. The average Bonchev–Trinajstić information content (AvgIpc) is 2.46. The van der Waals surface area contributed by atoms with Gasteiger partial charge in [-0.05, 0) is 31.3 Å². The van der Waals surface area contributed by atoms with Crippen molar-refractivity contribution in [2.45, 2.75) is 20.3 Å². The van der Waals surface area contributed by atoms with Gasteiger partial charge >= 0.3 is 0 Å². The number of benzene rings is 1. The van der Waals surface area contributed by atoms with Crippen LogP contribution in [-0.4, -0.2) is 41.9 Å². The SMILES string of the molecule is CCN(CC)CCSCCC(=O)Nc1ccc(F)cc1N. The van der Waals surface area contributed by atoms with Crippen molar-refractivity contribution in [1.29, 1.82) is 0 Å². The minimum Gasteiger partial charge on any atom is -0.397 e. The quantitative estimate of drug-likeness (QED) is 0.544. The summed E-state index contributed by atoms with van der Waals surface area (Å²) in [5.74, 6) is 1.29. The summed E-state index contributed by atoms with van der Waals surface area (Å²) in [5, 5.41) is 2.71. The van der Waals surface area contributed by atoms with E-state index in [9.17, 15) is 9.18 Å². The number of nitrogens with two attached hydrogens (primary N) is 1. The third-order valence-electron chi connectivity index (χ3n) is 3.21. The molecule has 6 heteroatoms. The van der Waals surface area contributed by atoms with Gasteiger partial charge in [-0.25, -0.2) is 4.39 Å². The van der Waals surface area contributed by atoms with Crippen molar-refractivity contribution in [2.75, 3.05) is 42.2 Å². The summed E-state index contributed by atoms with van der Waals surface area (Å²) in [6.07, 6.45) is 0.430. The third kappa shape index (κ3) is 6.82. The molecule has 1 amide bonds. The maximum absolute atomic E-state index is 12.9. The van der Waals surface area contributed by atoms with Gasteiger partial charge in [0.2, 0.25) is 5.91 Å². The highest BCUT2D eigenvalue weighted by Gasteiger charge is 2.06. The molecule has 0 fully saturated rings. The zero-order chi connectivity index (χ0) is 15.7. The van der Waals surface area contributed by atoms with E-state index in [4.69, 9.17) is 5.73 Å². The van der Waals surface area contributed by atoms with Crippen molar-refractivity contribution in [3.8, 4) is 0 Å². The molecule has 4 nitrogen and oxygen atoms in total. The van der Waals surface area contributed by atoms with Crippen molar-refractivity contribution in [2.24, 2.45) is 0 Å². The number of hydrogen-bond donors (Lipinski definition) is 2. The number of thioether (sulfide) groups is 1. The van der Waals surface area contributed by atoms with Crippen LogP contribution in [0, 0.1) is 5.82 Å². The number of amides is 1. The number of hydrogen-bond acceptors (Lipinski definition) is 4. The molecule has 0 bridgehead atoms. The van der Waals surface area contributed by atoms with Gasteiger partial charge in [-0.15, -0.1) is 0 Å². The average molecular weight is 313 g/mol. The summed E-state index contributed by atoms with van der Waals surface area (Å²) in [6, 6.07) is 3.97. The Kier molecular flexibility index (Phi) is 8.15. The van der Waals surface area contributed by atoms with Crippen LogP contribution in [0.5, 0.6) is 0 Å². The van der Waals surface area contributed by atoms with Gasteiger partial charge in [-0.1, -0.05) is 13.8 Å². The molecule has 0 radical (unpaired) electrons. The Hall–Kier alpha value is -1.27. The summed E-state index contributed by atoms with van der Waals surface area (Å²) in [5.41, 5.74) is 6.36. The number of carbonyl (C=O) groups is 1. The lowest BCUT2D eigenvalue weighted by atomic mass is 10.2. The van der Waals surface area contributed by atoms with Gasteiger partial charge in [0.15, 0.2) is 0 Å². The molecule has 0 spiro atoms. The molecule has 1 rings (SSSR count). The second kappa shape index (κ2) is 9.63. The van der Waals surface area contributed by atoms with E-state index in [2.05, 4.69) is 24.1 Å². The molecule has 0 aliphatic heterocycles. The topological polar surface area (TPSA) is 58.4 Å². The third-order valence-corrected chi connectivity index (χ3v) is 4.17. The second-order valence-corrected chi connectivity index (χ2v) is 5.89. The Morgan fingerprint density at radius 1 is 1.33 bits per heavy atom. The highest BCUT2D eigenvalue weighted by Crippen LogP contribution is 2.19. The van der Waals surface area contributed by atoms with Gasteiger partial charge in [0.1, 0.15) is 5.82 Å². The van der Waals surface area contributed by atoms with Crippen LogP contribution in [0.4, 0.5) is 15.8 Å². The van der Waals surface area contributed by atoms with E-state index < -0.39 is 5.82 Å². The first-order valence-corrected chi connectivity index (χ1v) is 8.37. The lowest BCUT2D eigenvalue weighted by Crippen LogP contribution is -2.25. The van der Waals surface area contributed by atoms with Gasteiger partial charge < -0.3 is 16.0 Å². The summed E-state index contributed by atoms with van der Waals surface area (Å²) in [7, 11) is 0. The van der Waals surface area contributed by atoms with E-state index in [1.54, 1.807) is 11.8 Å². The second-order valence-electron chi connectivity index (χ2n) is 4.67. The van der Waals surface area contributed by atoms with Crippen molar-refractivity contribution in [3.63, 3.8) is 0 Å². The minimum absolute atomic E-state index is 0.0938. The summed E-state index contributed by atoms with van der Waals surface area (Å²) >= 11 is 1.76. The predicted octanol–water partition coefficient (Wildman–Crippen LogP) is 2.81. The lowest BCUT2D eigenvalue weighted by Gasteiger charge is -2.17. The summed E-state index contributed by atoms with van der Waals surface area (Å²) in [6.45, 7) is 7.45. The smallest absolute Gasteiger partial charge is 0.225 e. The maximum atomic E-state index is 12.9. The molecular weight excluding hydrogens is 289 g/mol. The number of nitrogen functional groups attached to an aromatic ring is 1. The van der Waals surface area contributed by atoms with Gasteiger partial charge in [0.25, 0.3) is 0 Å². The van der Waals surface area contributed by atoms with Crippen LogP contribution < -0.4 is 11.1 Å². The highest BCUT2D eigenvalue weighted by molar-refractivity contribution is 7.99. The molecule has 1 aromatic rings. The first-order chi connectivity index (χ1) is 10.1. The number of halogens is 1. The van der Waals surface area contributed by atoms with Crippen molar-refractivity contribution >= 4 is 29.0 Å². The monoisotopic (exact) mass is 313 g/mol. The first-order valence-electron chi connectivity index (χ1n) is 7.21. The van der Waals surface area contributed by atoms with E-state index in [1.807, 2.05) is 0 Å². The molecule has 0 aliphatic rings. The minimum atomic E-state index is -0.405. The number of carbonyl (C=O) groups excluding carboxylic acids is 1. The summed E-state index contributed by atoms with van der Waals surface area (Å²) in [4.78, 5) is 14.1. The van der Waals surface area contributed by atoms with Crippen LogP contribution in [0.15, 0.2) is 18.2 Å². The molecule has 0 heterocycles. The van der Waals surface area contributed by atoms with E-state index in [0.29, 0.717) is 12.1 Å². The van der Waals surface area contributed by atoms with E-state index in [-0.39, 0.29) is 11.6 Å². The molecule has 0 saturated carbocycles. The number of rotatable bonds is 9. The summed E-state index contributed by atoms with van der Waals surface area (Å²) < 4.78 is 12.9. The Balaban J connectivity index is 2.22. The Bertz CT molecular complexity index is 453. The van der Waals surface area contributed by atoms with Gasteiger partial charge in [-0.3, -0.25) is 4.79 Å². The van der Waals surface area contributed by atoms with E-state index in [1.165, 1.54) is 18.2 Å². The fraction of sp³-hybridized carbons (Fsp3) is 0.533. The number of nitrogens with one attached hydrogen (secondary N) is 1. The van der Waals surface area contributed by atoms with Crippen LogP contribution in [0.1, 0.15) is 20.3 Å². The largest absolute Gasteiger partial charge is 0.397 e. The molecule has 0 aromatic heterocycles. The van der Waals surface area contributed by atoms with Crippen LogP contribution >= 0.6 is 11.8 Å².